The highest BCUT2D eigenvalue weighted by Gasteiger charge is 2.14. The molecule has 0 unspecified atom stereocenters. The minimum absolute atomic E-state index is 0.166. The van der Waals surface area contributed by atoms with Gasteiger partial charge in [0.05, 0.1) is 10.9 Å². The lowest BCUT2D eigenvalue weighted by atomic mass is 10.2. The van der Waals surface area contributed by atoms with E-state index in [1.165, 1.54) is 18.2 Å². The van der Waals surface area contributed by atoms with Crippen LogP contribution in [0.4, 0.5) is 0 Å². The van der Waals surface area contributed by atoms with Crippen LogP contribution in [-0.4, -0.2) is 20.2 Å². The van der Waals surface area contributed by atoms with Gasteiger partial charge in [0, 0.05) is 11.6 Å². The Morgan fingerprint density at radius 1 is 1.32 bits per heavy atom. The van der Waals surface area contributed by atoms with Crippen molar-refractivity contribution in [1.29, 1.82) is 0 Å². The molecule has 0 aliphatic heterocycles. The van der Waals surface area contributed by atoms with Crippen molar-refractivity contribution in [2.45, 2.75) is 20.0 Å². The Kier molecular flexibility index (Phi) is 3.44. The maximum atomic E-state index is 12.1. The lowest BCUT2D eigenvalue weighted by Crippen LogP contribution is -2.40. The van der Waals surface area contributed by atoms with E-state index in [9.17, 15) is 14.4 Å². The van der Waals surface area contributed by atoms with Crippen LogP contribution in [0.25, 0.3) is 10.9 Å². The van der Waals surface area contributed by atoms with Crippen LogP contribution in [0.15, 0.2) is 27.8 Å². The summed E-state index contributed by atoms with van der Waals surface area (Å²) < 4.78 is 2.04. The van der Waals surface area contributed by atoms with E-state index in [1.54, 1.807) is 6.92 Å². The van der Waals surface area contributed by atoms with Crippen LogP contribution in [0, 0.1) is 0 Å². The van der Waals surface area contributed by atoms with Crippen LogP contribution < -0.4 is 11.2 Å². The lowest BCUT2D eigenvalue weighted by molar-refractivity contribution is -0.137. The van der Waals surface area contributed by atoms with Crippen LogP contribution in [-0.2, 0) is 17.9 Å². The van der Waals surface area contributed by atoms with E-state index in [-0.39, 0.29) is 17.4 Å². The molecule has 19 heavy (non-hydrogen) atoms. The van der Waals surface area contributed by atoms with Crippen LogP contribution in [0.2, 0.25) is 5.02 Å². The molecule has 1 heterocycles. The monoisotopic (exact) mass is 282 g/mol. The van der Waals surface area contributed by atoms with Crippen LogP contribution in [0.5, 0.6) is 0 Å². The van der Waals surface area contributed by atoms with Gasteiger partial charge in [-0.15, -0.1) is 0 Å². The van der Waals surface area contributed by atoms with Gasteiger partial charge in [-0.2, -0.15) is 0 Å². The van der Waals surface area contributed by atoms with Gasteiger partial charge >= 0.3 is 11.7 Å². The highest BCUT2D eigenvalue weighted by molar-refractivity contribution is 6.31. The van der Waals surface area contributed by atoms with Crippen molar-refractivity contribution >= 4 is 28.5 Å². The number of benzene rings is 1. The Balaban J connectivity index is 2.97. The molecule has 0 aliphatic rings. The fraction of sp³-hybridized carbons (Fsp3) is 0.250. The number of carbonyl (C=O) groups is 1. The number of hydrogen-bond acceptors (Lipinski definition) is 3. The second kappa shape index (κ2) is 4.89. The molecule has 100 valence electrons. The topological polar surface area (TPSA) is 81.3 Å². The first-order valence-electron chi connectivity index (χ1n) is 5.60. The Morgan fingerprint density at radius 2 is 2.00 bits per heavy atom. The standard InChI is InChI=1S/C12H11ClN2O4/c1-2-14-11(18)8-5-7(13)3-4-9(8)15(12(14)19)6-10(16)17/h3-5H,2,6H2,1H3,(H,16,17). The van der Waals surface area contributed by atoms with Crippen molar-refractivity contribution < 1.29 is 9.90 Å². The summed E-state index contributed by atoms with van der Waals surface area (Å²) in [6.07, 6.45) is 0. The van der Waals surface area contributed by atoms with Gasteiger partial charge in [-0.1, -0.05) is 11.6 Å². The van der Waals surface area contributed by atoms with Crippen LogP contribution >= 0.6 is 11.6 Å². The van der Waals surface area contributed by atoms with Gasteiger partial charge in [0.25, 0.3) is 5.56 Å². The Morgan fingerprint density at radius 3 is 2.58 bits per heavy atom. The van der Waals surface area contributed by atoms with Crippen molar-refractivity contribution in [2.24, 2.45) is 0 Å². The Labute approximate surface area is 112 Å². The van der Waals surface area contributed by atoms with E-state index in [0.29, 0.717) is 5.02 Å². The molecule has 2 aromatic rings. The molecule has 0 saturated carbocycles. The molecule has 0 spiro atoms. The molecule has 0 saturated heterocycles. The van der Waals surface area contributed by atoms with Gasteiger partial charge in [-0.05, 0) is 25.1 Å². The molecular formula is C12H11ClN2O4. The minimum Gasteiger partial charge on any atom is -0.480 e. The zero-order valence-electron chi connectivity index (χ0n) is 10.1. The summed E-state index contributed by atoms with van der Waals surface area (Å²) in [4.78, 5) is 35.0. The zero-order chi connectivity index (χ0) is 14.2. The number of halogens is 1. The number of fused-ring (bicyclic) bond motifs is 1. The third kappa shape index (κ3) is 2.26. The number of rotatable bonds is 3. The number of aromatic nitrogens is 2. The summed E-state index contributed by atoms with van der Waals surface area (Å²) in [6, 6.07) is 4.42. The fourth-order valence-corrected chi connectivity index (χ4v) is 2.13. The SMILES string of the molecule is CCn1c(=O)c2cc(Cl)ccc2n(CC(=O)O)c1=O. The van der Waals surface area contributed by atoms with E-state index in [1.807, 2.05) is 0 Å². The predicted molar refractivity (Wildman–Crippen MR) is 70.8 cm³/mol. The number of nitrogens with zero attached hydrogens (tertiary/aromatic N) is 2. The highest BCUT2D eigenvalue weighted by atomic mass is 35.5. The predicted octanol–water partition coefficient (Wildman–Crippen LogP) is 0.921. The van der Waals surface area contributed by atoms with E-state index < -0.39 is 23.8 Å². The number of aliphatic carboxylic acids is 1. The molecule has 0 atom stereocenters. The normalized spacial score (nSPS) is 10.8. The maximum absolute atomic E-state index is 12.1. The first-order chi connectivity index (χ1) is 8.95. The Hall–Kier alpha value is -2.08. The van der Waals surface area contributed by atoms with Gasteiger partial charge < -0.3 is 5.11 Å². The van der Waals surface area contributed by atoms with E-state index >= 15 is 0 Å². The van der Waals surface area contributed by atoms with E-state index in [2.05, 4.69) is 0 Å². The van der Waals surface area contributed by atoms with Crippen LogP contribution in [0.1, 0.15) is 6.92 Å². The molecule has 0 fully saturated rings. The fourth-order valence-electron chi connectivity index (χ4n) is 1.96. The van der Waals surface area contributed by atoms with E-state index in [0.717, 1.165) is 9.13 Å². The molecule has 0 bridgehead atoms. The van der Waals surface area contributed by atoms with Gasteiger partial charge in [-0.3, -0.25) is 18.7 Å². The average Bonchev–Trinajstić information content (AvgIpc) is 2.35. The third-order valence-corrected chi connectivity index (χ3v) is 3.03. The third-order valence-electron chi connectivity index (χ3n) is 2.80. The Bertz CT molecular complexity index is 776. The molecule has 7 heteroatoms. The van der Waals surface area contributed by atoms with Gasteiger partial charge in [0.1, 0.15) is 6.54 Å². The van der Waals surface area contributed by atoms with Gasteiger partial charge in [-0.25, -0.2) is 4.79 Å². The van der Waals surface area contributed by atoms with Gasteiger partial charge in [0.2, 0.25) is 0 Å². The highest BCUT2D eigenvalue weighted by Crippen LogP contribution is 2.15. The second-order valence-electron chi connectivity index (χ2n) is 3.97. The number of carboxylic acid groups (broad SMARTS) is 1. The number of hydrogen-bond donors (Lipinski definition) is 1. The molecule has 1 N–H and O–H groups in total. The molecule has 2 rings (SSSR count). The molecule has 1 aromatic carbocycles. The van der Waals surface area contributed by atoms with Crippen molar-refractivity contribution in [2.75, 3.05) is 0 Å². The zero-order valence-corrected chi connectivity index (χ0v) is 10.8. The summed E-state index contributed by atoms with van der Waals surface area (Å²) >= 11 is 5.83. The lowest BCUT2D eigenvalue weighted by Gasteiger charge is -2.11. The molecule has 1 aromatic heterocycles. The largest absolute Gasteiger partial charge is 0.480 e. The summed E-state index contributed by atoms with van der Waals surface area (Å²) in [5.74, 6) is -1.15. The number of carboxylic acids is 1. The molecule has 6 nitrogen and oxygen atoms in total. The quantitative estimate of drug-likeness (QED) is 0.908. The van der Waals surface area contributed by atoms with Crippen molar-refractivity contribution in [3.8, 4) is 0 Å². The first-order valence-corrected chi connectivity index (χ1v) is 5.98. The average molecular weight is 283 g/mol. The first kappa shape index (κ1) is 13.4. The maximum Gasteiger partial charge on any atom is 0.332 e. The van der Waals surface area contributed by atoms with Crippen molar-refractivity contribution in [3.63, 3.8) is 0 Å². The molecular weight excluding hydrogens is 272 g/mol. The van der Waals surface area contributed by atoms with Crippen molar-refractivity contribution in [3.05, 3.63) is 44.1 Å². The van der Waals surface area contributed by atoms with Gasteiger partial charge in [0.15, 0.2) is 0 Å². The van der Waals surface area contributed by atoms with Crippen molar-refractivity contribution in [1.82, 2.24) is 9.13 Å². The molecule has 0 radical (unpaired) electrons. The summed E-state index contributed by atoms with van der Waals surface area (Å²) in [5.41, 5.74) is -0.831. The minimum atomic E-state index is -1.15. The van der Waals surface area contributed by atoms with E-state index in [4.69, 9.17) is 16.7 Å². The summed E-state index contributed by atoms with van der Waals surface area (Å²) in [5, 5.41) is 9.45. The summed E-state index contributed by atoms with van der Waals surface area (Å²) in [7, 11) is 0. The molecule has 0 amide bonds. The smallest absolute Gasteiger partial charge is 0.332 e. The second-order valence-corrected chi connectivity index (χ2v) is 4.41. The summed E-state index contributed by atoms with van der Waals surface area (Å²) in [6.45, 7) is 1.31. The van der Waals surface area contributed by atoms with Crippen LogP contribution in [0.3, 0.4) is 0 Å². The molecule has 0 aliphatic carbocycles.